The molecular weight excluding hydrogens is 377 g/mol. The van der Waals surface area contributed by atoms with E-state index in [9.17, 15) is 17.6 Å². The fourth-order valence-electron chi connectivity index (χ4n) is 1.82. The van der Waals surface area contributed by atoms with Crippen LogP contribution in [-0.2, 0) is 14.6 Å². The minimum absolute atomic E-state index is 0.109. The maximum Gasteiger partial charge on any atom is 0.360 e. The summed E-state index contributed by atoms with van der Waals surface area (Å²) in [5.74, 6) is 2.97. The smallest absolute Gasteiger partial charge is 0.360 e. The van der Waals surface area contributed by atoms with E-state index in [0.29, 0.717) is 0 Å². The summed E-state index contributed by atoms with van der Waals surface area (Å²) in [6, 6.07) is 4.14. The van der Waals surface area contributed by atoms with Crippen LogP contribution in [0.3, 0.4) is 0 Å². The van der Waals surface area contributed by atoms with Gasteiger partial charge in [0.1, 0.15) is 17.3 Å². The van der Waals surface area contributed by atoms with Crippen LogP contribution in [0.4, 0.5) is 4.39 Å². The predicted molar refractivity (Wildman–Crippen MR) is 86.6 cm³/mol. The average molecular weight is 390 g/mol. The molecule has 0 aliphatic rings. The highest BCUT2D eigenvalue weighted by molar-refractivity contribution is 7.92. The Bertz CT molecular complexity index is 926. The van der Waals surface area contributed by atoms with E-state index in [1.807, 2.05) is 0 Å². The highest BCUT2D eigenvalue weighted by Gasteiger charge is 2.24. The second kappa shape index (κ2) is 7.62. The van der Waals surface area contributed by atoms with Crippen molar-refractivity contribution in [1.29, 1.82) is 0 Å². The predicted octanol–water partition coefficient (Wildman–Crippen LogP) is 1.78. The van der Waals surface area contributed by atoms with Gasteiger partial charge in [0, 0.05) is 6.07 Å². The van der Waals surface area contributed by atoms with Gasteiger partial charge in [-0.3, -0.25) is 0 Å². The number of benzene rings is 1. The Morgan fingerprint density at radius 1 is 1.44 bits per heavy atom. The first-order chi connectivity index (χ1) is 11.8. The Hall–Kier alpha value is -2.46. The summed E-state index contributed by atoms with van der Waals surface area (Å²) in [5.41, 5.74) is -0.330. The molecule has 2 rings (SSSR count). The Balaban J connectivity index is 2.27. The van der Waals surface area contributed by atoms with Gasteiger partial charge in [-0.05, 0) is 25.1 Å². The normalized spacial score (nSPS) is 12.2. The minimum atomic E-state index is -3.95. The lowest BCUT2D eigenvalue weighted by molar-refractivity contribution is 0.0514. The lowest BCUT2D eigenvalue weighted by atomic mass is 10.3. The Morgan fingerprint density at radius 2 is 2.16 bits per heavy atom. The molecule has 2 N–H and O–H groups in total. The standard InChI is InChI=1S/C14H13ClFN3O5S/c1-2-23-14(20)11-6-13(24-19-11)12(18-17)7-25(21,22)8-3-4-10(16)9(15)5-8/h3-6H,2,7,17H2,1H3/b18-12-. The van der Waals surface area contributed by atoms with E-state index >= 15 is 0 Å². The molecule has 0 aliphatic heterocycles. The molecule has 0 spiro atoms. The number of hydrazone groups is 1. The number of ether oxygens (including phenoxy) is 1. The van der Waals surface area contributed by atoms with Crippen LogP contribution in [0.2, 0.25) is 5.02 Å². The maximum atomic E-state index is 13.2. The van der Waals surface area contributed by atoms with Crippen molar-refractivity contribution in [3.05, 3.63) is 46.6 Å². The number of sulfone groups is 1. The first-order valence-corrected chi connectivity index (χ1v) is 8.90. The minimum Gasteiger partial charge on any atom is -0.461 e. The van der Waals surface area contributed by atoms with Gasteiger partial charge in [0.25, 0.3) is 0 Å². The summed E-state index contributed by atoms with van der Waals surface area (Å²) in [7, 11) is -3.95. The molecule has 0 aliphatic carbocycles. The third-order valence-electron chi connectivity index (χ3n) is 3.01. The van der Waals surface area contributed by atoms with E-state index in [1.165, 1.54) is 0 Å². The second-order valence-corrected chi connectivity index (χ2v) is 7.10. The van der Waals surface area contributed by atoms with E-state index in [4.69, 9.17) is 26.7 Å². The second-order valence-electron chi connectivity index (χ2n) is 4.71. The van der Waals surface area contributed by atoms with Crippen molar-refractivity contribution in [2.75, 3.05) is 12.4 Å². The van der Waals surface area contributed by atoms with Gasteiger partial charge in [0.15, 0.2) is 21.3 Å². The number of nitrogens with two attached hydrogens (primary N) is 1. The fraction of sp³-hybridized carbons (Fsp3) is 0.214. The zero-order valence-electron chi connectivity index (χ0n) is 12.9. The van der Waals surface area contributed by atoms with Crippen LogP contribution in [0.15, 0.2) is 38.8 Å². The SMILES string of the molecule is CCOC(=O)c1cc(/C(CS(=O)(=O)c2ccc(F)c(Cl)c2)=N\N)on1. The highest BCUT2D eigenvalue weighted by Crippen LogP contribution is 2.21. The van der Waals surface area contributed by atoms with Gasteiger partial charge >= 0.3 is 5.97 Å². The summed E-state index contributed by atoms with van der Waals surface area (Å²) in [5, 5.41) is 6.52. The Labute approximate surface area is 147 Å². The number of hydrogen-bond acceptors (Lipinski definition) is 8. The summed E-state index contributed by atoms with van der Waals surface area (Å²) in [6.07, 6.45) is 0. The first kappa shape index (κ1) is 18.9. The van der Waals surface area contributed by atoms with Crippen LogP contribution in [-0.4, -0.2) is 37.6 Å². The Kier molecular flexibility index (Phi) is 5.75. The molecule has 1 aromatic heterocycles. The molecular formula is C14H13ClFN3O5S. The van der Waals surface area contributed by atoms with Crippen molar-refractivity contribution in [3.63, 3.8) is 0 Å². The molecule has 8 nitrogen and oxygen atoms in total. The third-order valence-corrected chi connectivity index (χ3v) is 4.93. The molecule has 0 unspecified atom stereocenters. The molecule has 0 saturated heterocycles. The molecule has 0 fully saturated rings. The zero-order chi connectivity index (χ0) is 18.6. The molecule has 2 aromatic rings. The summed E-state index contributed by atoms with van der Waals surface area (Å²) in [4.78, 5) is 11.3. The van der Waals surface area contributed by atoms with Crippen molar-refractivity contribution in [2.24, 2.45) is 10.9 Å². The van der Waals surface area contributed by atoms with Crippen LogP contribution < -0.4 is 5.84 Å². The van der Waals surface area contributed by atoms with Crippen LogP contribution in [0.1, 0.15) is 23.2 Å². The number of rotatable bonds is 6. The zero-order valence-corrected chi connectivity index (χ0v) is 14.5. The molecule has 0 amide bonds. The average Bonchev–Trinajstić information content (AvgIpc) is 3.05. The van der Waals surface area contributed by atoms with Crippen molar-refractivity contribution in [1.82, 2.24) is 5.16 Å². The number of hydrogen-bond donors (Lipinski definition) is 1. The molecule has 0 atom stereocenters. The molecule has 1 aromatic carbocycles. The van der Waals surface area contributed by atoms with E-state index in [2.05, 4.69) is 10.3 Å². The quantitative estimate of drug-likeness (QED) is 0.262. The number of carbonyl (C=O) groups excluding carboxylic acids is 1. The van der Waals surface area contributed by atoms with Gasteiger partial charge < -0.3 is 15.1 Å². The molecule has 0 saturated carbocycles. The van der Waals surface area contributed by atoms with Gasteiger partial charge in [-0.1, -0.05) is 16.8 Å². The van der Waals surface area contributed by atoms with Crippen LogP contribution in [0, 0.1) is 5.82 Å². The fourth-order valence-corrected chi connectivity index (χ4v) is 3.38. The number of carbonyl (C=O) groups is 1. The number of halogens is 2. The number of esters is 1. The molecule has 25 heavy (non-hydrogen) atoms. The topological polar surface area (TPSA) is 125 Å². The van der Waals surface area contributed by atoms with Gasteiger partial charge in [-0.2, -0.15) is 5.10 Å². The van der Waals surface area contributed by atoms with Crippen molar-refractivity contribution in [2.45, 2.75) is 11.8 Å². The van der Waals surface area contributed by atoms with Gasteiger partial charge in [0.05, 0.1) is 16.5 Å². The Morgan fingerprint density at radius 3 is 2.76 bits per heavy atom. The van der Waals surface area contributed by atoms with Gasteiger partial charge in [-0.15, -0.1) is 0 Å². The lowest BCUT2D eigenvalue weighted by Crippen LogP contribution is -2.18. The van der Waals surface area contributed by atoms with Crippen molar-refractivity contribution < 1.29 is 26.9 Å². The van der Waals surface area contributed by atoms with Crippen LogP contribution in [0.5, 0.6) is 0 Å². The summed E-state index contributed by atoms with van der Waals surface area (Å²) >= 11 is 5.60. The summed E-state index contributed by atoms with van der Waals surface area (Å²) < 4.78 is 47.7. The monoisotopic (exact) mass is 389 g/mol. The molecule has 11 heteroatoms. The van der Waals surface area contributed by atoms with Crippen LogP contribution in [0.25, 0.3) is 0 Å². The van der Waals surface area contributed by atoms with E-state index in [0.717, 1.165) is 24.3 Å². The summed E-state index contributed by atoms with van der Waals surface area (Å²) in [6.45, 7) is 1.75. The molecule has 1 heterocycles. The van der Waals surface area contributed by atoms with E-state index in [-0.39, 0.29) is 33.7 Å². The molecule has 134 valence electrons. The van der Waals surface area contributed by atoms with Crippen molar-refractivity contribution >= 4 is 33.1 Å². The van der Waals surface area contributed by atoms with Gasteiger partial charge in [0.2, 0.25) is 0 Å². The van der Waals surface area contributed by atoms with Crippen molar-refractivity contribution in [3.8, 4) is 0 Å². The van der Waals surface area contributed by atoms with Crippen LogP contribution >= 0.6 is 11.6 Å². The highest BCUT2D eigenvalue weighted by atomic mass is 35.5. The first-order valence-electron chi connectivity index (χ1n) is 6.87. The largest absolute Gasteiger partial charge is 0.461 e. The van der Waals surface area contributed by atoms with E-state index < -0.39 is 27.4 Å². The lowest BCUT2D eigenvalue weighted by Gasteiger charge is -2.05. The molecule has 0 bridgehead atoms. The van der Waals surface area contributed by atoms with E-state index in [1.54, 1.807) is 6.92 Å². The molecule has 0 radical (unpaired) electrons. The number of nitrogens with zero attached hydrogens (tertiary/aromatic N) is 2. The number of aromatic nitrogens is 1. The van der Waals surface area contributed by atoms with Gasteiger partial charge in [-0.25, -0.2) is 17.6 Å². The third kappa shape index (κ3) is 4.34. The maximum absolute atomic E-state index is 13.2.